The van der Waals surface area contributed by atoms with E-state index in [0.29, 0.717) is 0 Å². The SMILES string of the molecule is Brc1ccccc1CNc1ccc2[nH]ccc2c1. The first-order valence-corrected chi connectivity index (χ1v) is 6.67. The molecule has 0 aliphatic rings. The van der Waals surface area contributed by atoms with Gasteiger partial charge in [0, 0.05) is 33.8 Å². The summed E-state index contributed by atoms with van der Waals surface area (Å²) in [6.45, 7) is 0.817. The van der Waals surface area contributed by atoms with E-state index >= 15 is 0 Å². The molecule has 0 atom stereocenters. The summed E-state index contributed by atoms with van der Waals surface area (Å²) in [6, 6.07) is 16.7. The lowest BCUT2D eigenvalue weighted by Crippen LogP contribution is -1.99. The Balaban J connectivity index is 1.78. The number of aromatic nitrogens is 1. The summed E-state index contributed by atoms with van der Waals surface area (Å²) in [6.07, 6.45) is 1.96. The fraction of sp³-hybridized carbons (Fsp3) is 0.0667. The van der Waals surface area contributed by atoms with Crippen LogP contribution >= 0.6 is 15.9 Å². The summed E-state index contributed by atoms with van der Waals surface area (Å²) < 4.78 is 1.14. The van der Waals surface area contributed by atoms with E-state index in [1.807, 2.05) is 12.3 Å². The molecule has 1 heterocycles. The van der Waals surface area contributed by atoms with Gasteiger partial charge in [0.05, 0.1) is 0 Å². The van der Waals surface area contributed by atoms with Crippen molar-refractivity contribution in [3.63, 3.8) is 0 Å². The van der Waals surface area contributed by atoms with Crippen molar-refractivity contribution in [1.82, 2.24) is 4.98 Å². The summed E-state index contributed by atoms with van der Waals surface area (Å²) in [7, 11) is 0. The van der Waals surface area contributed by atoms with Gasteiger partial charge in [-0.2, -0.15) is 0 Å². The summed E-state index contributed by atoms with van der Waals surface area (Å²) in [5, 5.41) is 4.67. The minimum atomic E-state index is 0.817. The van der Waals surface area contributed by atoms with Crippen LogP contribution in [-0.4, -0.2) is 4.98 Å². The zero-order chi connectivity index (χ0) is 12.4. The molecule has 18 heavy (non-hydrogen) atoms. The van der Waals surface area contributed by atoms with Crippen LogP contribution in [0.4, 0.5) is 5.69 Å². The van der Waals surface area contributed by atoms with Crippen LogP contribution in [0.3, 0.4) is 0 Å². The van der Waals surface area contributed by atoms with Crippen molar-refractivity contribution in [1.29, 1.82) is 0 Å². The molecule has 3 aromatic rings. The van der Waals surface area contributed by atoms with Crippen LogP contribution in [0.2, 0.25) is 0 Å². The standard InChI is InChI=1S/C15H13BrN2/c16-14-4-2-1-3-12(14)10-18-13-5-6-15-11(9-13)7-8-17-15/h1-9,17-18H,10H2. The molecule has 0 spiro atoms. The van der Waals surface area contributed by atoms with Crippen LogP contribution in [0.1, 0.15) is 5.56 Å². The second-order valence-electron chi connectivity index (χ2n) is 4.22. The first kappa shape index (κ1) is 11.4. The fourth-order valence-electron chi connectivity index (χ4n) is 2.00. The van der Waals surface area contributed by atoms with Gasteiger partial charge in [0.25, 0.3) is 0 Å². The smallest absolute Gasteiger partial charge is 0.0455 e. The van der Waals surface area contributed by atoms with E-state index in [2.05, 4.69) is 68.7 Å². The highest BCUT2D eigenvalue weighted by atomic mass is 79.9. The number of anilines is 1. The molecule has 90 valence electrons. The van der Waals surface area contributed by atoms with Crippen LogP contribution in [0.25, 0.3) is 10.9 Å². The van der Waals surface area contributed by atoms with E-state index in [9.17, 15) is 0 Å². The summed E-state index contributed by atoms with van der Waals surface area (Å²) in [5.74, 6) is 0. The van der Waals surface area contributed by atoms with Crippen LogP contribution in [-0.2, 0) is 6.54 Å². The van der Waals surface area contributed by atoms with E-state index < -0.39 is 0 Å². The van der Waals surface area contributed by atoms with Gasteiger partial charge in [-0.05, 0) is 35.9 Å². The molecule has 3 heteroatoms. The molecular formula is C15H13BrN2. The third-order valence-electron chi connectivity index (χ3n) is 2.99. The molecule has 0 bridgehead atoms. The molecule has 2 nitrogen and oxygen atoms in total. The van der Waals surface area contributed by atoms with Gasteiger partial charge in [0.2, 0.25) is 0 Å². The number of H-pyrrole nitrogens is 1. The highest BCUT2D eigenvalue weighted by Crippen LogP contribution is 2.20. The maximum absolute atomic E-state index is 3.56. The van der Waals surface area contributed by atoms with Gasteiger partial charge in [0.1, 0.15) is 0 Å². The average molecular weight is 301 g/mol. The first-order valence-electron chi connectivity index (χ1n) is 5.87. The summed E-state index contributed by atoms with van der Waals surface area (Å²) in [4.78, 5) is 3.19. The first-order chi connectivity index (χ1) is 8.83. The van der Waals surface area contributed by atoms with Crippen molar-refractivity contribution >= 4 is 32.5 Å². The van der Waals surface area contributed by atoms with Crippen molar-refractivity contribution in [2.45, 2.75) is 6.54 Å². The zero-order valence-electron chi connectivity index (χ0n) is 9.78. The minimum Gasteiger partial charge on any atom is -0.381 e. The van der Waals surface area contributed by atoms with Crippen molar-refractivity contribution in [3.8, 4) is 0 Å². The summed E-state index contributed by atoms with van der Waals surface area (Å²) in [5.41, 5.74) is 3.56. The number of halogens is 1. The molecule has 1 aromatic heterocycles. The number of nitrogens with one attached hydrogen (secondary N) is 2. The van der Waals surface area contributed by atoms with Gasteiger partial charge < -0.3 is 10.3 Å². The second-order valence-corrected chi connectivity index (χ2v) is 5.08. The average Bonchev–Trinajstić information content (AvgIpc) is 2.85. The number of fused-ring (bicyclic) bond motifs is 1. The topological polar surface area (TPSA) is 27.8 Å². The Labute approximate surface area is 114 Å². The predicted molar refractivity (Wildman–Crippen MR) is 79.8 cm³/mol. The summed E-state index contributed by atoms with van der Waals surface area (Å²) >= 11 is 3.56. The van der Waals surface area contributed by atoms with Gasteiger partial charge in [0.15, 0.2) is 0 Å². The lowest BCUT2D eigenvalue weighted by Gasteiger charge is -2.08. The normalized spacial score (nSPS) is 10.7. The third kappa shape index (κ3) is 2.27. The Bertz CT molecular complexity index is 673. The number of hydrogen-bond donors (Lipinski definition) is 2. The van der Waals surface area contributed by atoms with E-state index in [0.717, 1.165) is 16.7 Å². The van der Waals surface area contributed by atoms with E-state index in [1.54, 1.807) is 0 Å². The van der Waals surface area contributed by atoms with Gasteiger partial charge in [-0.15, -0.1) is 0 Å². The predicted octanol–water partition coefficient (Wildman–Crippen LogP) is 4.54. The van der Waals surface area contributed by atoms with Crippen LogP contribution in [0.5, 0.6) is 0 Å². The fourth-order valence-corrected chi connectivity index (χ4v) is 2.43. The maximum atomic E-state index is 3.56. The van der Waals surface area contributed by atoms with Crippen LogP contribution < -0.4 is 5.32 Å². The Morgan fingerprint density at radius 1 is 1.06 bits per heavy atom. The van der Waals surface area contributed by atoms with Crippen LogP contribution in [0, 0.1) is 0 Å². The Kier molecular flexibility index (Phi) is 3.07. The zero-order valence-corrected chi connectivity index (χ0v) is 11.4. The molecule has 0 saturated carbocycles. The third-order valence-corrected chi connectivity index (χ3v) is 3.77. The van der Waals surface area contributed by atoms with Gasteiger partial charge in [-0.1, -0.05) is 34.1 Å². The molecule has 0 radical (unpaired) electrons. The Morgan fingerprint density at radius 3 is 2.83 bits per heavy atom. The van der Waals surface area contributed by atoms with Crippen molar-refractivity contribution < 1.29 is 0 Å². The largest absolute Gasteiger partial charge is 0.381 e. The highest BCUT2D eigenvalue weighted by molar-refractivity contribution is 9.10. The van der Waals surface area contributed by atoms with Gasteiger partial charge >= 0.3 is 0 Å². The molecule has 0 saturated heterocycles. The van der Waals surface area contributed by atoms with Crippen molar-refractivity contribution in [2.24, 2.45) is 0 Å². The monoisotopic (exact) mass is 300 g/mol. The van der Waals surface area contributed by atoms with Crippen molar-refractivity contribution in [2.75, 3.05) is 5.32 Å². The number of hydrogen-bond acceptors (Lipinski definition) is 1. The van der Waals surface area contributed by atoms with Gasteiger partial charge in [-0.3, -0.25) is 0 Å². The molecule has 0 unspecified atom stereocenters. The number of benzene rings is 2. The molecule has 0 aliphatic carbocycles. The molecule has 2 N–H and O–H groups in total. The van der Waals surface area contributed by atoms with Crippen LogP contribution in [0.15, 0.2) is 59.2 Å². The number of rotatable bonds is 3. The minimum absolute atomic E-state index is 0.817. The van der Waals surface area contributed by atoms with Gasteiger partial charge in [-0.25, -0.2) is 0 Å². The molecule has 2 aromatic carbocycles. The molecular weight excluding hydrogens is 288 g/mol. The molecule has 0 fully saturated rings. The quantitative estimate of drug-likeness (QED) is 0.730. The maximum Gasteiger partial charge on any atom is 0.0455 e. The van der Waals surface area contributed by atoms with E-state index in [1.165, 1.54) is 16.5 Å². The van der Waals surface area contributed by atoms with E-state index in [4.69, 9.17) is 0 Å². The lowest BCUT2D eigenvalue weighted by molar-refractivity contribution is 1.14. The second kappa shape index (κ2) is 4.86. The lowest BCUT2D eigenvalue weighted by atomic mass is 10.2. The molecule has 3 rings (SSSR count). The Morgan fingerprint density at radius 2 is 1.94 bits per heavy atom. The Hall–Kier alpha value is -1.74. The number of aromatic amines is 1. The molecule has 0 amide bonds. The van der Waals surface area contributed by atoms with Crippen molar-refractivity contribution in [3.05, 3.63) is 64.8 Å². The molecule has 0 aliphatic heterocycles. The van der Waals surface area contributed by atoms with E-state index in [-0.39, 0.29) is 0 Å². The highest BCUT2D eigenvalue weighted by Gasteiger charge is 2.00.